The monoisotopic (exact) mass is 366 g/mol. The van der Waals surface area contributed by atoms with E-state index < -0.39 is 21.5 Å². The third-order valence-electron chi connectivity index (χ3n) is 4.01. The maximum absolute atomic E-state index is 12.7. The van der Waals surface area contributed by atoms with E-state index in [1.165, 1.54) is 0 Å². The minimum absolute atomic E-state index is 0.0330. The van der Waals surface area contributed by atoms with E-state index in [0.717, 1.165) is 19.3 Å². The SMILES string of the molecule is CC(C)CS(=O)(=O)CC(=O)Nc1ccccc1C(=O)N1CCCCC1. The van der Waals surface area contributed by atoms with Gasteiger partial charge in [0.2, 0.25) is 5.91 Å². The van der Waals surface area contributed by atoms with E-state index in [2.05, 4.69) is 5.32 Å². The first kappa shape index (κ1) is 19.4. The predicted octanol–water partition coefficient (Wildman–Crippen LogP) is 2.32. The molecule has 1 heterocycles. The molecule has 0 bridgehead atoms. The molecule has 2 amide bonds. The van der Waals surface area contributed by atoms with Crippen LogP contribution in [0.15, 0.2) is 24.3 Å². The highest BCUT2D eigenvalue weighted by molar-refractivity contribution is 7.92. The summed E-state index contributed by atoms with van der Waals surface area (Å²) in [6.45, 7) is 5.01. The molecule has 1 aliphatic heterocycles. The normalized spacial score (nSPS) is 15.2. The number of anilines is 1. The third-order valence-corrected chi connectivity index (χ3v) is 5.89. The molecule has 1 fully saturated rings. The number of piperidine rings is 1. The number of carbonyl (C=O) groups is 2. The standard InChI is InChI=1S/C18H26N2O4S/c1-14(2)12-25(23,24)13-17(21)19-16-9-5-4-8-15(16)18(22)20-10-6-3-7-11-20/h4-5,8-9,14H,3,6-7,10-13H2,1-2H3,(H,19,21). The van der Waals surface area contributed by atoms with Crippen molar-refractivity contribution in [2.45, 2.75) is 33.1 Å². The third kappa shape index (κ3) is 5.85. The van der Waals surface area contributed by atoms with Gasteiger partial charge in [-0.2, -0.15) is 0 Å². The first-order valence-electron chi connectivity index (χ1n) is 8.67. The lowest BCUT2D eigenvalue weighted by atomic mass is 10.1. The Morgan fingerprint density at radius 3 is 2.40 bits per heavy atom. The molecule has 1 aromatic rings. The van der Waals surface area contributed by atoms with Crippen molar-refractivity contribution in [2.75, 3.05) is 29.9 Å². The Hall–Kier alpha value is -1.89. The topological polar surface area (TPSA) is 83.5 Å². The molecule has 1 aromatic carbocycles. The van der Waals surface area contributed by atoms with Gasteiger partial charge in [-0.15, -0.1) is 0 Å². The molecule has 0 saturated carbocycles. The molecule has 0 aliphatic carbocycles. The van der Waals surface area contributed by atoms with Gasteiger partial charge in [0.25, 0.3) is 5.91 Å². The Morgan fingerprint density at radius 1 is 1.12 bits per heavy atom. The van der Waals surface area contributed by atoms with Crippen LogP contribution in [0.3, 0.4) is 0 Å². The summed E-state index contributed by atoms with van der Waals surface area (Å²) in [5, 5.41) is 2.59. The summed E-state index contributed by atoms with van der Waals surface area (Å²) in [7, 11) is -3.46. The van der Waals surface area contributed by atoms with Crippen LogP contribution in [0.4, 0.5) is 5.69 Å². The average Bonchev–Trinajstić information content (AvgIpc) is 2.53. The smallest absolute Gasteiger partial charge is 0.255 e. The van der Waals surface area contributed by atoms with Gasteiger partial charge in [-0.25, -0.2) is 8.42 Å². The van der Waals surface area contributed by atoms with E-state index in [4.69, 9.17) is 0 Å². The summed E-state index contributed by atoms with van der Waals surface area (Å²) in [6, 6.07) is 6.74. The number of amides is 2. The van der Waals surface area contributed by atoms with E-state index >= 15 is 0 Å². The quantitative estimate of drug-likeness (QED) is 0.837. The number of benzene rings is 1. The highest BCUT2D eigenvalue weighted by Crippen LogP contribution is 2.20. The van der Waals surface area contributed by atoms with Gasteiger partial charge < -0.3 is 10.2 Å². The van der Waals surface area contributed by atoms with E-state index in [0.29, 0.717) is 24.3 Å². The van der Waals surface area contributed by atoms with Crippen LogP contribution in [0, 0.1) is 5.92 Å². The fourth-order valence-corrected chi connectivity index (χ4v) is 4.60. The Bertz CT molecular complexity index is 722. The summed E-state index contributed by atoms with van der Waals surface area (Å²) < 4.78 is 23.9. The maximum Gasteiger partial charge on any atom is 0.255 e. The van der Waals surface area contributed by atoms with E-state index in [1.54, 1.807) is 43.0 Å². The van der Waals surface area contributed by atoms with Gasteiger partial charge in [0.15, 0.2) is 9.84 Å². The van der Waals surface area contributed by atoms with Crippen LogP contribution in [-0.4, -0.2) is 49.7 Å². The largest absolute Gasteiger partial charge is 0.339 e. The van der Waals surface area contributed by atoms with Gasteiger partial charge in [-0.1, -0.05) is 26.0 Å². The molecule has 7 heteroatoms. The number of hydrogen-bond acceptors (Lipinski definition) is 4. The number of likely N-dealkylation sites (tertiary alicyclic amines) is 1. The molecular formula is C18H26N2O4S. The number of nitrogens with one attached hydrogen (secondary N) is 1. The number of hydrogen-bond donors (Lipinski definition) is 1. The lowest BCUT2D eigenvalue weighted by Crippen LogP contribution is -2.36. The summed E-state index contributed by atoms with van der Waals surface area (Å²) in [6.07, 6.45) is 3.08. The first-order chi connectivity index (χ1) is 11.8. The zero-order valence-corrected chi connectivity index (χ0v) is 15.6. The zero-order valence-electron chi connectivity index (χ0n) is 14.8. The lowest BCUT2D eigenvalue weighted by Gasteiger charge is -2.27. The number of nitrogens with zero attached hydrogens (tertiary/aromatic N) is 1. The second kappa shape index (κ2) is 8.47. The first-order valence-corrected chi connectivity index (χ1v) is 10.5. The van der Waals surface area contributed by atoms with E-state index in [1.807, 2.05) is 0 Å². The van der Waals surface area contributed by atoms with Crippen molar-refractivity contribution in [3.05, 3.63) is 29.8 Å². The summed E-state index contributed by atoms with van der Waals surface area (Å²) in [5.74, 6) is -1.38. The summed E-state index contributed by atoms with van der Waals surface area (Å²) in [5.41, 5.74) is 0.766. The van der Waals surface area contributed by atoms with Crippen LogP contribution in [0.5, 0.6) is 0 Å². The van der Waals surface area contributed by atoms with E-state index in [9.17, 15) is 18.0 Å². The molecule has 0 aromatic heterocycles. The van der Waals surface area contributed by atoms with Crippen LogP contribution in [0.25, 0.3) is 0 Å². The van der Waals surface area contributed by atoms with Crippen LogP contribution < -0.4 is 5.32 Å². The number of carbonyl (C=O) groups excluding carboxylic acids is 2. The Morgan fingerprint density at radius 2 is 1.76 bits per heavy atom. The molecule has 1 saturated heterocycles. The molecule has 0 atom stereocenters. The van der Waals surface area contributed by atoms with Gasteiger partial charge >= 0.3 is 0 Å². The summed E-state index contributed by atoms with van der Waals surface area (Å²) in [4.78, 5) is 26.6. The lowest BCUT2D eigenvalue weighted by molar-refractivity contribution is -0.113. The number of rotatable bonds is 6. The van der Waals surface area contributed by atoms with Gasteiger partial charge in [0, 0.05) is 13.1 Å². The van der Waals surface area contributed by atoms with Gasteiger partial charge in [0.05, 0.1) is 17.0 Å². The Kier molecular flexibility index (Phi) is 6.58. The second-order valence-corrected chi connectivity index (χ2v) is 9.00. The minimum Gasteiger partial charge on any atom is -0.339 e. The molecule has 138 valence electrons. The zero-order chi connectivity index (χ0) is 18.4. The molecule has 0 spiro atoms. The molecule has 6 nitrogen and oxygen atoms in total. The molecule has 0 unspecified atom stereocenters. The van der Waals surface area contributed by atoms with Crippen molar-refractivity contribution < 1.29 is 18.0 Å². The minimum atomic E-state index is -3.46. The van der Waals surface area contributed by atoms with Crippen molar-refractivity contribution in [1.29, 1.82) is 0 Å². The van der Waals surface area contributed by atoms with Crippen LogP contribution in [0.2, 0.25) is 0 Å². The predicted molar refractivity (Wildman–Crippen MR) is 98.3 cm³/mol. The van der Waals surface area contributed by atoms with Gasteiger partial charge in [0.1, 0.15) is 5.75 Å². The highest BCUT2D eigenvalue weighted by Gasteiger charge is 2.23. The second-order valence-electron chi connectivity index (χ2n) is 6.90. The van der Waals surface area contributed by atoms with Crippen LogP contribution in [0.1, 0.15) is 43.5 Å². The molecule has 2 rings (SSSR count). The van der Waals surface area contributed by atoms with Crippen molar-refractivity contribution in [3.8, 4) is 0 Å². The molecule has 1 aliphatic rings. The fraction of sp³-hybridized carbons (Fsp3) is 0.556. The van der Waals surface area contributed by atoms with Gasteiger partial charge in [-0.3, -0.25) is 9.59 Å². The fourth-order valence-electron chi connectivity index (χ4n) is 3.00. The van der Waals surface area contributed by atoms with Crippen molar-refractivity contribution in [1.82, 2.24) is 4.90 Å². The Labute approximate surface area is 149 Å². The van der Waals surface area contributed by atoms with E-state index in [-0.39, 0.29) is 17.6 Å². The number of para-hydroxylation sites is 1. The van der Waals surface area contributed by atoms with Gasteiger partial charge in [-0.05, 0) is 37.3 Å². The van der Waals surface area contributed by atoms with Crippen molar-refractivity contribution in [2.24, 2.45) is 5.92 Å². The average molecular weight is 366 g/mol. The van der Waals surface area contributed by atoms with Crippen LogP contribution in [-0.2, 0) is 14.6 Å². The molecule has 1 N–H and O–H groups in total. The highest BCUT2D eigenvalue weighted by atomic mass is 32.2. The Balaban J connectivity index is 2.09. The van der Waals surface area contributed by atoms with Crippen LogP contribution >= 0.6 is 0 Å². The molecular weight excluding hydrogens is 340 g/mol. The summed E-state index contributed by atoms with van der Waals surface area (Å²) >= 11 is 0. The number of sulfone groups is 1. The molecule has 0 radical (unpaired) electrons. The van der Waals surface area contributed by atoms with Crippen molar-refractivity contribution in [3.63, 3.8) is 0 Å². The maximum atomic E-state index is 12.7. The van der Waals surface area contributed by atoms with Crippen molar-refractivity contribution >= 4 is 27.3 Å². The molecule has 25 heavy (non-hydrogen) atoms.